The maximum atomic E-state index is 12.6. The van der Waals surface area contributed by atoms with Crippen LogP contribution in [0.1, 0.15) is 23.7 Å². The molecular weight excluding hydrogens is 280 g/mol. The van der Waals surface area contributed by atoms with E-state index in [1.807, 2.05) is 36.1 Å². The minimum Gasteiger partial charge on any atom is -0.381 e. The minimum absolute atomic E-state index is 0.0690. The van der Waals surface area contributed by atoms with E-state index in [9.17, 15) is 4.79 Å². The molecule has 0 saturated carbocycles. The third-order valence-electron chi connectivity index (χ3n) is 3.97. The maximum absolute atomic E-state index is 12.6. The van der Waals surface area contributed by atoms with Crippen molar-refractivity contribution in [3.63, 3.8) is 0 Å². The van der Waals surface area contributed by atoms with E-state index in [0.29, 0.717) is 18.0 Å². The Morgan fingerprint density at radius 2 is 2.23 bits per heavy atom. The highest BCUT2D eigenvalue weighted by atomic mass is 16.5. The molecule has 1 unspecified atom stereocenters. The number of carbonyl (C=O) groups excluding carboxylic acids is 1. The van der Waals surface area contributed by atoms with Gasteiger partial charge in [-0.25, -0.2) is 9.67 Å². The van der Waals surface area contributed by atoms with Gasteiger partial charge in [-0.2, -0.15) is 5.10 Å². The third-order valence-corrected chi connectivity index (χ3v) is 3.97. The van der Waals surface area contributed by atoms with Gasteiger partial charge in [0.2, 0.25) is 0 Å². The highest BCUT2D eigenvalue weighted by Crippen LogP contribution is 2.16. The molecule has 0 spiro atoms. The first kappa shape index (κ1) is 14.7. The average molecular weight is 300 g/mol. The molecule has 0 N–H and O–H groups in total. The van der Waals surface area contributed by atoms with Crippen LogP contribution in [-0.4, -0.2) is 51.9 Å². The highest BCUT2D eigenvalue weighted by Gasteiger charge is 2.22. The monoisotopic (exact) mass is 300 g/mol. The number of hydrogen-bond donors (Lipinski definition) is 0. The zero-order valence-electron chi connectivity index (χ0n) is 12.7. The molecule has 116 valence electrons. The second-order valence-corrected chi connectivity index (χ2v) is 5.46. The van der Waals surface area contributed by atoms with Crippen molar-refractivity contribution in [3.05, 3.63) is 42.5 Å². The predicted molar refractivity (Wildman–Crippen MR) is 81.9 cm³/mol. The lowest BCUT2D eigenvalue weighted by atomic mass is 10.1. The molecule has 6 heteroatoms. The molecule has 0 bridgehead atoms. The van der Waals surface area contributed by atoms with Gasteiger partial charge in [0.25, 0.3) is 5.91 Å². The van der Waals surface area contributed by atoms with Crippen LogP contribution < -0.4 is 0 Å². The number of rotatable bonds is 5. The number of ether oxygens (including phenoxy) is 1. The largest absolute Gasteiger partial charge is 0.381 e. The third kappa shape index (κ3) is 3.17. The predicted octanol–water partition coefficient (Wildman–Crippen LogP) is 1.77. The van der Waals surface area contributed by atoms with E-state index >= 15 is 0 Å². The summed E-state index contributed by atoms with van der Waals surface area (Å²) in [5, 5.41) is 4.08. The molecule has 22 heavy (non-hydrogen) atoms. The molecule has 2 heterocycles. The van der Waals surface area contributed by atoms with Crippen molar-refractivity contribution >= 4 is 5.91 Å². The van der Waals surface area contributed by atoms with Crippen LogP contribution in [0.15, 0.2) is 36.9 Å². The smallest absolute Gasteiger partial charge is 0.253 e. The Morgan fingerprint density at radius 3 is 2.82 bits per heavy atom. The van der Waals surface area contributed by atoms with E-state index in [0.717, 1.165) is 31.9 Å². The van der Waals surface area contributed by atoms with Gasteiger partial charge in [-0.3, -0.25) is 4.79 Å². The van der Waals surface area contributed by atoms with Gasteiger partial charge in [0.15, 0.2) is 0 Å². The molecule has 1 saturated heterocycles. The van der Waals surface area contributed by atoms with Gasteiger partial charge in [0.05, 0.1) is 12.3 Å². The summed E-state index contributed by atoms with van der Waals surface area (Å²) in [6.07, 6.45) is 4.16. The van der Waals surface area contributed by atoms with Gasteiger partial charge in [-0.15, -0.1) is 0 Å². The first-order valence-electron chi connectivity index (χ1n) is 7.60. The Bertz CT molecular complexity index is 604. The second-order valence-electron chi connectivity index (χ2n) is 5.46. The van der Waals surface area contributed by atoms with Crippen molar-refractivity contribution in [2.75, 3.05) is 26.3 Å². The summed E-state index contributed by atoms with van der Waals surface area (Å²) in [7, 11) is 0. The van der Waals surface area contributed by atoms with Gasteiger partial charge in [-0.05, 0) is 37.6 Å². The SMILES string of the molecule is CCN(CC1CCOC1)C(=O)c1ccc(-n2cncn2)cc1. The second kappa shape index (κ2) is 6.70. The molecule has 3 rings (SSSR count). The molecule has 1 aromatic carbocycles. The number of carbonyl (C=O) groups is 1. The number of amides is 1. The fraction of sp³-hybridized carbons (Fsp3) is 0.438. The van der Waals surface area contributed by atoms with Gasteiger partial charge >= 0.3 is 0 Å². The molecule has 2 aromatic rings. The Balaban J connectivity index is 1.70. The molecule has 0 aliphatic carbocycles. The number of aromatic nitrogens is 3. The molecule has 1 aliphatic rings. The fourth-order valence-corrected chi connectivity index (χ4v) is 2.68. The van der Waals surface area contributed by atoms with E-state index in [-0.39, 0.29) is 5.91 Å². The van der Waals surface area contributed by atoms with Crippen molar-refractivity contribution in [2.24, 2.45) is 5.92 Å². The van der Waals surface area contributed by atoms with Crippen LogP contribution in [0.5, 0.6) is 0 Å². The zero-order valence-corrected chi connectivity index (χ0v) is 12.7. The molecular formula is C16H20N4O2. The van der Waals surface area contributed by atoms with Crippen LogP contribution in [0, 0.1) is 5.92 Å². The molecule has 1 amide bonds. The summed E-state index contributed by atoms with van der Waals surface area (Å²) in [4.78, 5) is 18.4. The van der Waals surface area contributed by atoms with Crippen molar-refractivity contribution in [1.82, 2.24) is 19.7 Å². The molecule has 0 radical (unpaired) electrons. The van der Waals surface area contributed by atoms with Crippen LogP contribution in [0.4, 0.5) is 0 Å². The van der Waals surface area contributed by atoms with Crippen molar-refractivity contribution in [2.45, 2.75) is 13.3 Å². The lowest BCUT2D eigenvalue weighted by Crippen LogP contribution is -2.35. The Labute approximate surface area is 129 Å². The normalized spacial score (nSPS) is 17.6. The van der Waals surface area contributed by atoms with Crippen molar-refractivity contribution < 1.29 is 9.53 Å². The maximum Gasteiger partial charge on any atom is 0.253 e. The summed E-state index contributed by atoms with van der Waals surface area (Å²) in [5.41, 5.74) is 1.59. The summed E-state index contributed by atoms with van der Waals surface area (Å²) in [6.45, 7) is 5.05. The van der Waals surface area contributed by atoms with Crippen LogP contribution in [0.2, 0.25) is 0 Å². The zero-order chi connectivity index (χ0) is 15.4. The van der Waals surface area contributed by atoms with E-state index < -0.39 is 0 Å². The van der Waals surface area contributed by atoms with Gasteiger partial charge in [0.1, 0.15) is 12.7 Å². The number of benzene rings is 1. The highest BCUT2D eigenvalue weighted by molar-refractivity contribution is 5.94. The first-order valence-corrected chi connectivity index (χ1v) is 7.60. The molecule has 1 aromatic heterocycles. The summed E-state index contributed by atoms with van der Waals surface area (Å²) in [6, 6.07) is 7.45. The summed E-state index contributed by atoms with van der Waals surface area (Å²) in [5.74, 6) is 0.526. The van der Waals surface area contributed by atoms with Crippen LogP contribution in [0.25, 0.3) is 5.69 Å². The molecule has 6 nitrogen and oxygen atoms in total. The molecule has 1 aliphatic heterocycles. The van der Waals surface area contributed by atoms with Crippen LogP contribution >= 0.6 is 0 Å². The lowest BCUT2D eigenvalue weighted by molar-refractivity contribution is 0.0731. The van der Waals surface area contributed by atoms with Gasteiger partial charge in [-0.1, -0.05) is 0 Å². The Hall–Kier alpha value is -2.21. The molecule has 1 fully saturated rings. The lowest BCUT2D eigenvalue weighted by Gasteiger charge is -2.23. The molecule has 1 atom stereocenters. The summed E-state index contributed by atoms with van der Waals surface area (Å²) < 4.78 is 7.06. The van der Waals surface area contributed by atoms with E-state index in [1.165, 1.54) is 6.33 Å². The van der Waals surface area contributed by atoms with E-state index in [2.05, 4.69) is 10.1 Å². The standard InChI is InChI=1S/C16H20N4O2/c1-2-19(9-13-7-8-22-10-13)16(21)14-3-5-15(6-4-14)20-12-17-11-18-20/h3-6,11-13H,2,7-10H2,1H3. The van der Waals surface area contributed by atoms with E-state index in [1.54, 1.807) is 11.0 Å². The van der Waals surface area contributed by atoms with Gasteiger partial charge < -0.3 is 9.64 Å². The van der Waals surface area contributed by atoms with Gasteiger partial charge in [0, 0.05) is 31.2 Å². The summed E-state index contributed by atoms with van der Waals surface area (Å²) >= 11 is 0. The minimum atomic E-state index is 0.0690. The topological polar surface area (TPSA) is 60.2 Å². The fourth-order valence-electron chi connectivity index (χ4n) is 2.68. The Kier molecular flexibility index (Phi) is 4.48. The van der Waals surface area contributed by atoms with Crippen LogP contribution in [-0.2, 0) is 4.74 Å². The van der Waals surface area contributed by atoms with Crippen LogP contribution in [0.3, 0.4) is 0 Å². The number of hydrogen-bond acceptors (Lipinski definition) is 4. The van der Waals surface area contributed by atoms with E-state index in [4.69, 9.17) is 4.74 Å². The first-order chi connectivity index (χ1) is 10.8. The number of nitrogens with zero attached hydrogens (tertiary/aromatic N) is 4. The average Bonchev–Trinajstić information content (AvgIpc) is 3.25. The Morgan fingerprint density at radius 1 is 1.41 bits per heavy atom. The van der Waals surface area contributed by atoms with Crippen molar-refractivity contribution in [1.29, 1.82) is 0 Å². The quantitative estimate of drug-likeness (QED) is 0.844. The van der Waals surface area contributed by atoms with Crippen molar-refractivity contribution in [3.8, 4) is 5.69 Å².